The van der Waals surface area contributed by atoms with Crippen molar-refractivity contribution < 1.29 is 48.1 Å². The second-order valence-corrected chi connectivity index (χ2v) is 8.48. The second-order valence-electron chi connectivity index (χ2n) is 7.29. The zero-order valence-corrected chi connectivity index (χ0v) is 18.3. The molecule has 0 aromatic heterocycles. The van der Waals surface area contributed by atoms with Crippen molar-refractivity contribution in [2.24, 2.45) is 11.7 Å². The Morgan fingerprint density at radius 1 is 1.26 bits per heavy atom. The van der Waals surface area contributed by atoms with Gasteiger partial charge in [0.1, 0.15) is 24.1 Å². The predicted octanol–water partition coefficient (Wildman–Crippen LogP) is 0.0805. The Morgan fingerprint density at radius 2 is 1.90 bits per heavy atom. The lowest BCUT2D eigenvalue weighted by Crippen LogP contribution is -2.62. The highest BCUT2D eigenvalue weighted by atomic mass is 31.2. The lowest BCUT2D eigenvalue weighted by molar-refractivity contribution is -0.280. The minimum atomic E-state index is -5.10. The minimum Gasteiger partial charge on any atom is -0.461 e. The predicted molar refractivity (Wildman–Crippen MR) is 108 cm³/mol. The van der Waals surface area contributed by atoms with E-state index in [1.807, 2.05) is 0 Å². The molecule has 1 unspecified atom stereocenters. The van der Waals surface area contributed by atoms with Gasteiger partial charge in [0.05, 0.1) is 12.5 Å². The van der Waals surface area contributed by atoms with Gasteiger partial charge in [0, 0.05) is 0 Å². The molecule has 31 heavy (non-hydrogen) atoms. The molecule has 1 heterocycles. The highest BCUT2D eigenvalue weighted by molar-refractivity contribution is 7.46. The van der Waals surface area contributed by atoms with Gasteiger partial charge in [-0.15, -0.1) is 0 Å². The maximum Gasteiger partial charge on any atom is 0.470 e. The van der Waals surface area contributed by atoms with Crippen molar-refractivity contribution in [2.45, 2.75) is 57.4 Å². The van der Waals surface area contributed by atoms with Gasteiger partial charge in [-0.05, 0) is 37.1 Å². The summed E-state index contributed by atoms with van der Waals surface area (Å²) in [5.41, 5.74) is 6.50. The van der Waals surface area contributed by atoms with Crippen LogP contribution in [0.1, 0.15) is 25.8 Å². The summed E-state index contributed by atoms with van der Waals surface area (Å²) in [6.45, 7) is 3.16. The second kappa shape index (κ2) is 11.3. The SMILES string of the molecule is CCC(C)C(=O)O[C@H]1[C@H](Oc2ccc(CCN)cc2)O[C@H](CO)[C@@H](O)[C@@H]1OP(=O)(O)O. The quantitative estimate of drug-likeness (QED) is 0.234. The molecular weight excluding hydrogens is 433 g/mol. The Hall–Kier alpha value is -1.56. The number of benzene rings is 1. The molecule has 0 bridgehead atoms. The van der Waals surface area contributed by atoms with Crippen LogP contribution in [0.3, 0.4) is 0 Å². The van der Waals surface area contributed by atoms with Crippen LogP contribution in [-0.2, 0) is 29.8 Å². The van der Waals surface area contributed by atoms with Crippen LogP contribution in [0.5, 0.6) is 5.75 Å². The molecule has 1 saturated heterocycles. The molecule has 6 atom stereocenters. The van der Waals surface area contributed by atoms with Crippen molar-refractivity contribution in [1.82, 2.24) is 0 Å². The van der Waals surface area contributed by atoms with Gasteiger partial charge in [0.2, 0.25) is 6.29 Å². The molecule has 176 valence electrons. The van der Waals surface area contributed by atoms with Crippen LogP contribution in [0.25, 0.3) is 0 Å². The third-order valence-corrected chi connectivity index (χ3v) is 5.45. The first kappa shape index (κ1) is 25.7. The average Bonchev–Trinajstić information content (AvgIpc) is 2.72. The topological polar surface area (TPSA) is 178 Å². The molecule has 2 rings (SSSR count). The largest absolute Gasteiger partial charge is 0.470 e. The molecule has 1 aliphatic rings. The molecule has 0 spiro atoms. The number of phosphoric acid groups is 1. The molecular formula is C19H30NO10P. The van der Waals surface area contributed by atoms with Gasteiger partial charge in [0.25, 0.3) is 0 Å². The number of esters is 1. The van der Waals surface area contributed by atoms with Crippen LogP contribution in [-0.4, -0.2) is 69.8 Å². The highest BCUT2D eigenvalue weighted by Crippen LogP contribution is 2.42. The van der Waals surface area contributed by atoms with E-state index < -0.39 is 57.0 Å². The van der Waals surface area contributed by atoms with Crippen LogP contribution < -0.4 is 10.5 Å². The fraction of sp³-hybridized carbons (Fsp3) is 0.632. The van der Waals surface area contributed by atoms with E-state index >= 15 is 0 Å². The van der Waals surface area contributed by atoms with Crippen LogP contribution in [0, 0.1) is 5.92 Å². The Balaban J connectivity index is 2.34. The van der Waals surface area contributed by atoms with Crippen molar-refractivity contribution in [3.8, 4) is 5.75 Å². The Bertz CT molecular complexity index is 755. The van der Waals surface area contributed by atoms with E-state index in [0.717, 1.165) is 5.56 Å². The number of hydrogen-bond acceptors (Lipinski definition) is 9. The first-order chi connectivity index (χ1) is 14.6. The van der Waals surface area contributed by atoms with Crippen molar-refractivity contribution in [1.29, 1.82) is 0 Å². The van der Waals surface area contributed by atoms with E-state index in [0.29, 0.717) is 25.1 Å². The summed E-state index contributed by atoms with van der Waals surface area (Å²) < 4.78 is 32.9. The molecule has 0 aliphatic carbocycles. The number of hydrogen-bond donors (Lipinski definition) is 5. The first-order valence-corrected chi connectivity index (χ1v) is 11.5. The average molecular weight is 463 g/mol. The fourth-order valence-corrected chi connectivity index (χ4v) is 3.55. The fourth-order valence-electron chi connectivity index (χ4n) is 2.99. The van der Waals surface area contributed by atoms with Crippen molar-refractivity contribution in [2.75, 3.05) is 13.2 Å². The van der Waals surface area contributed by atoms with Crippen LogP contribution in [0.15, 0.2) is 24.3 Å². The number of phosphoric ester groups is 1. The van der Waals surface area contributed by atoms with E-state index in [1.54, 1.807) is 38.1 Å². The number of rotatable bonds is 10. The minimum absolute atomic E-state index is 0.304. The molecule has 11 nitrogen and oxygen atoms in total. The lowest BCUT2D eigenvalue weighted by atomic mass is 9.98. The smallest absolute Gasteiger partial charge is 0.461 e. The van der Waals surface area contributed by atoms with Crippen molar-refractivity contribution in [3.63, 3.8) is 0 Å². The van der Waals surface area contributed by atoms with Crippen molar-refractivity contribution in [3.05, 3.63) is 29.8 Å². The van der Waals surface area contributed by atoms with Gasteiger partial charge in [-0.25, -0.2) is 4.57 Å². The number of aliphatic hydroxyl groups excluding tert-OH is 2. The summed E-state index contributed by atoms with van der Waals surface area (Å²) in [4.78, 5) is 31.0. The molecule has 0 saturated carbocycles. The van der Waals surface area contributed by atoms with Crippen LogP contribution in [0.4, 0.5) is 0 Å². The lowest BCUT2D eigenvalue weighted by Gasteiger charge is -2.43. The van der Waals surface area contributed by atoms with E-state index in [4.69, 9.17) is 24.5 Å². The molecule has 1 aromatic carbocycles. The third kappa shape index (κ3) is 7.23. The number of aliphatic hydroxyl groups is 2. The van der Waals surface area contributed by atoms with Gasteiger partial charge in [0.15, 0.2) is 6.10 Å². The van der Waals surface area contributed by atoms with Gasteiger partial charge >= 0.3 is 13.8 Å². The summed E-state index contributed by atoms with van der Waals surface area (Å²) in [5, 5.41) is 20.0. The van der Waals surface area contributed by atoms with E-state index in [1.165, 1.54) is 0 Å². The molecule has 6 N–H and O–H groups in total. The summed E-state index contributed by atoms with van der Waals surface area (Å²) in [6, 6.07) is 6.79. The normalized spacial score (nSPS) is 27.5. The highest BCUT2D eigenvalue weighted by Gasteiger charge is 2.51. The summed E-state index contributed by atoms with van der Waals surface area (Å²) in [7, 11) is -5.10. The number of carbonyl (C=O) groups is 1. The summed E-state index contributed by atoms with van der Waals surface area (Å²) in [5.74, 6) is -0.907. The van der Waals surface area contributed by atoms with Gasteiger partial charge < -0.3 is 39.9 Å². The molecule has 0 radical (unpaired) electrons. The van der Waals surface area contributed by atoms with E-state index in [9.17, 15) is 29.4 Å². The zero-order chi connectivity index (χ0) is 23.2. The third-order valence-electron chi connectivity index (χ3n) is 4.93. The van der Waals surface area contributed by atoms with Gasteiger partial charge in [-0.3, -0.25) is 9.32 Å². The maximum absolute atomic E-state index is 12.4. The monoisotopic (exact) mass is 463 g/mol. The molecule has 0 amide bonds. The number of ether oxygens (including phenoxy) is 3. The number of carbonyl (C=O) groups excluding carboxylic acids is 1. The van der Waals surface area contributed by atoms with Crippen LogP contribution >= 0.6 is 7.82 Å². The molecule has 1 aromatic rings. The van der Waals surface area contributed by atoms with Crippen LogP contribution in [0.2, 0.25) is 0 Å². The Kier molecular flexibility index (Phi) is 9.41. The van der Waals surface area contributed by atoms with Gasteiger partial charge in [-0.2, -0.15) is 0 Å². The summed E-state index contributed by atoms with van der Waals surface area (Å²) in [6.07, 6.45) is -6.52. The first-order valence-electron chi connectivity index (χ1n) is 9.94. The molecule has 1 fully saturated rings. The Labute approximate surface area is 180 Å². The van der Waals surface area contributed by atoms with E-state index in [2.05, 4.69) is 0 Å². The van der Waals surface area contributed by atoms with Gasteiger partial charge in [-0.1, -0.05) is 26.0 Å². The van der Waals surface area contributed by atoms with Crippen molar-refractivity contribution >= 4 is 13.8 Å². The summed E-state index contributed by atoms with van der Waals surface area (Å²) >= 11 is 0. The Morgan fingerprint density at radius 3 is 2.42 bits per heavy atom. The molecule has 12 heteroatoms. The number of nitrogens with two attached hydrogens (primary N) is 1. The maximum atomic E-state index is 12.4. The zero-order valence-electron chi connectivity index (χ0n) is 17.4. The molecule has 1 aliphatic heterocycles. The van der Waals surface area contributed by atoms with E-state index in [-0.39, 0.29) is 0 Å². The standard InChI is InChI=1S/C19H30NO10P/c1-3-11(2)18(23)29-17-16(30-31(24,25)26)15(22)14(10-21)28-19(17)27-13-6-4-12(5-7-13)8-9-20/h4-7,11,14-17,19,21-22H,3,8-10,20H2,1-2H3,(H2,24,25,26)/t11?,14-,15-,16+,17-,19-/m1/s1.